The fourth-order valence-corrected chi connectivity index (χ4v) is 3.58. The molecule has 2 rings (SSSR count). The quantitative estimate of drug-likeness (QED) is 0.610. The number of amides is 1. The molecule has 0 aliphatic carbocycles. The van der Waals surface area contributed by atoms with Crippen LogP contribution in [0.1, 0.15) is 43.7 Å². The standard InChI is InChI=1S/C18H22N2O3S2/c1-12(16(21)20-18(2,3)4)23-17(22)14-7-5-6-8-15(14)25-10-13-9-24-11-19-13/h5-9,11-12H,10H2,1-4H3,(H,20,21). The molecule has 0 aliphatic heterocycles. The summed E-state index contributed by atoms with van der Waals surface area (Å²) in [4.78, 5) is 29.6. The molecular formula is C18H22N2O3S2. The van der Waals surface area contributed by atoms with E-state index in [1.54, 1.807) is 35.9 Å². The molecule has 2 aromatic rings. The van der Waals surface area contributed by atoms with Gasteiger partial charge in [-0.05, 0) is 39.8 Å². The number of aromatic nitrogens is 1. The Kier molecular flexibility index (Phi) is 6.61. The van der Waals surface area contributed by atoms with Crippen molar-refractivity contribution in [3.63, 3.8) is 0 Å². The Hall–Kier alpha value is -1.86. The molecule has 25 heavy (non-hydrogen) atoms. The van der Waals surface area contributed by atoms with E-state index in [1.165, 1.54) is 11.8 Å². The molecule has 134 valence electrons. The number of nitrogens with one attached hydrogen (secondary N) is 1. The van der Waals surface area contributed by atoms with Crippen LogP contribution in [0, 0.1) is 0 Å². The van der Waals surface area contributed by atoms with Gasteiger partial charge in [-0.2, -0.15) is 0 Å². The fraction of sp³-hybridized carbons (Fsp3) is 0.389. The highest BCUT2D eigenvalue weighted by Crippen LogP contribution is 2.27. The van der Waals surface area contributed by atoms with E-state index in [1.807, 2.05) is 38.3 Å². The number of thioether (sulfide) groups is 1. The molecule has 7 heteroatoms. The molecule has 0 bridgehead atoms. The summed E-state index contributed by atoms with van der Waals surface area (Å²) in [6.45, 7) is 7.21. The van der Waals surface area contributed by atoms with Gasteiger partial charge in [0.05, 0.1) is 16.8 Å². The summed E-state index contributed by atoms with van der Waals surface area (Å²) >= 11 is 3.06. The highest BCUT2D eigenvalue weighted by atomic mass is 32.2. The van der Waals surface area contributed by atoms with E-state index in [9.17, 15) is 9.59 Å². The van der Waals surface area contributed by atoms with Crippen molar-refractivity contribution in [2.45, 2.75) is 50.0 Å². The van der Waals surface area contributed by atoms with E-state index >= 15 is 0 Å². The molecule has 0 aliphatic rings. The van der Waals surface area contributed by atoms with E-state index < -0.39 is 12.1 Å². The van der Waals surface area contributed by atoms with Gasteiger partial charge in [-0.3, -0.25) is 4.79 Å². The number of benzene rings is 1. The first-order valence-corrected chi connectivity index (χ1v) is 9.81. The Bertz CT molecular complexity index is 724. The van der Waals surface area contributed by atoms with Crippen LogP contribution in [-0.2, 0) is 15.3 Å². The lowest BCUT2D eigenvalue weighted by atomic mass is 10.1. The Morgan fingerprint density at radius 2 is 2.04 bits per heavy atom. The molecule has 1 aromatic heterocycles. The lowest BCUT2D eigenvalue weighted by Crippen LogP contribution is -2.46. The maximum absolute atomic E-state index is 12.5. The second-order valence-electron chi connectivity index (χ2n) is 6.55. The number of esters is 1. The van der Waals surface area contributed by atoms with Gasteiger partial charge < -0.3 is 10.1 Å². The third-order valence-electron chi connectivity index (χ3n) is 3.12. The van der Waals surface area contributed by atoms with Gasteiger partial charge in [0.25, 0.3) is 5.91 Å². The molecule has 1 atom stereocenters. The van der Waals surface area contributed by atoms with Gasteiger partial charge in [0.15, 0.2) is 6.10 Å². The van der Waals surface area contributed by atoms with E-state index in [2.05, 4.69) is 10.3 Å². The molecule has 0 saturated carbocycles. The van der Waals surface area contributed by atoms with E-state index in [0.29, 0.717) is 11.3 Å². The first-order chi connectivity index (χ1) is 11.8. The number of ether oxygens (including phenoxy) is 1. The lowest BCUT2D eigenvalue weighted by Gasteiger charge is -2.23. The molecule has 1 N–H and O–H groups in total. The minimum atomic E-state index is -0.858. The van der Waals surface area contributed by atoms with Crippen LogP contribution < -0.4 is 5.32 Å². The van der Waals surface area contributed by atoms with Crippen LogP contribution in [0.3, 0.4) is 0 Å². The smallest absolute Gasteiger partial charge is 0.340 e. The summed E-state index contributed by atoms with van der Waals surface area (Å²) in [6, 6.07) is 7.23. The summed E-state index contributed by atoms with van der Waals surface area (Å²) in [5.74, 6) is -0.139. The van der Waals surface area contributed by atoms with Gasteiger partial charge in [-0.15, -0.1) is 23.1 Å². The number of thiazole rings is 1. The average molecular weight is 379 g/mol. The predicted molar refractivity (Wildman–Crippen MR) is 101 cm³/mol. The molecule has 5 nitrogen and oxygen atoms in total. The SMILES string of the molecule is CC(OC(=O)c1ccccc1SCc1cscn1)C(=O)NC(C)(C)C. The van der Waals surface area contributed by atoms with E-state index in [4.69, 9.17) is 4.74 Å². The van der Waals surface area contributed by atoms with Gasteiger partial charge >= 0.3 is 5.97 Å². The lowest BCUT2D eigenvalue weighted by molar-refractivity contribution is -0.130. The third-order valence-corrected chi connectivity index (χ3v) is 4.86. The van der Waals surface area contributed by atoms with E-state index in [0.717, 1.165) is 10.6 Å². The number of carbonyl (C=O) groups is 2. The van der Waals surface area contributed by atoms with Gasteiger partial charge in [-0.25, -0.2) is 9.78 Å². The van der Waals surface area contributed by atoms with Gasteiger partial charge in [-0.1, -0.05) is 12.1 Å². The zero-order valence-electron chi connectivity index (χ0n) is 14.7. The van der Waals surface area contributed by atoms with Crippen LogP contribution in [0.2, 0.25) is 0 Å². The molecule has 1 aromatic carbocycles. The van der Waals surface area contributed by atoms with Crippen molar-refractivity contribution in [3.05, 3.63) is 46.4 Å². The molecule has 0 spiro atoms. The third kappa shape index (κ3) is 6.17. The number of carbonyl (C=O) groups excluding carboxylic acids is 2. The normalized spacial score (nSPS) is 12.5. The van der Waals surface area contributed by atoms with Gasteiger partial charge in [0, 0.05) is 21.6 Å². The van der Waals surface area contributed by atoms with E-state index in [-0.39, 0.29) is 11.4 Å². The number of hydrogen-bond donors (Lipinski definition) is 1. The van der Waals surface area contributed by atoms with Crippen LogP contribution in [0.4, 0.5) is 0 Å². The van der Waals surface area contributed by atoms with Crippen LogP contribution >= 0.6 is 23.1 Å². The summed E-state index contributed by atoms with van der Waals surface area (Å²) in [6.07, 6.45) is -0.858. The van der Waals surface area contributed by atoms with Crippen molar-refractivity contribution in [1.82, 2.24) is 10.3 Å². The van der Waals surface area contributed by atoms with Crippen molar-refractivity contribution in [2.24, 2.45) is 0 Å². The second-order valence-corrected chi connectivity index (χ2v) is 8.29. The highest BCUT2D eigenvalue weighted by molar-refractivity contribution is 7.98. The summed E-state index contributed by atoms with van der Waals surface area (Å²) in [7, 11) is 0. The summed E-state index contributed by atoms with van der Waals surface area (Å²) < 4.78 is 5.34. The first-order valence-electron chi connectivity index (χ1n) is 7.88. The van der Waals surface area contributed by atoms with Crippen LogP contribution in [-0.4, -0.2) is 28.5 Å². The second kappa shape index (κ2) is 8.49. The monoisotopic (exact) mass is 378 g/mol. The molecule has 1 heterocycles. The minimum absolute atomic E-state index is 0.312. The fourth-order valence-electron chi connectivity index (χ4n) is 1.97. The van der Waals surface area contributed by atoms with Crippen LogP contribution in [0.15, 0.2) is 40.1 Å². The number of rotatable bonds is 6. The summed E-state index contributed by atoms with van der Waals surface area (Å²) in [5, 5.41) is 4.78. The molecule has 0 radical (unpaired) electrons. The van der Waals surface area contributed by atoms with Crippen LogP contribution in [0.25, 0.3) is 0 Å². The topological polar surface area (TPSA) is 68.3 Å². The average Bonchev–Trinajstić information content (AvgIpc) is 3.05. The van der Waals surface area contributed by atoms with Gasteiger partial charge in [0.1, 0.15) is 0 Å². The zero-order chi connectivity index (χ0) is 18.4. The van der Waals surface area contributed by atoms with Crippen molar-refractivity contribution in [3.8, 4) is 0 Å². The predicted octanol–water partition coefficient (Wildman–Crippen LogP) is 3.90. The van der Waals surface area contributed by atoms with Gasteiger partial charge in [0.2, 0.25) is 0 Å². The van der Waals surface area contributed by atoms with Crippen molar-refractivity contribution >= 4 is 35.0 Å². The summed E-state index contributed by atoms with van der Waals surface area (Å²) in [5.41, 5.74) is 2.83. The largest absolute Gasteiger partial charge is 0.449 e. The van der Waals surface area contributed by atoms with Crippen LogP contribution in [0.5, 0.6) is 0 Å². The highest BCUT2D eigenvalue weighted by Gasteiger charge is 2.24. The molecule has 1 amide bonds. The Labute approximate surface area is 156 Å². The number of nitrogens with zero attached hydrogens (tertiary/aromatic N) is 1. The van der Waals surface area contributed by atoms with Crippen molar-refractivity contribution in [2.75, 3.05) is 0 Å². The zero-order valence-corrected chi connectivity index (χ0v) is 16.4. The first kappa shape index (κ1) is 19.5. The maximum atomic E-state index is 12.5. The minimum Gasteiger partial charge on any atom is -0.449 e. The molecule has 0 fully saturated rings. The van der Waals surface area contributed by atoms with Crippen molar-refractivity contribution < 1.29 is 14.3 Å². The number of hydrogen-bond acceptors (Lipinski definition) is 6. The molecular weight excluding hydrogens is 356 g/mol. The van der Waals surface area contributed by atoms with Crippen molar-refractivity contribution in [1.29, 1.82) is 0 Å². The Morgan fingerprint density at radius 1 is 1.32 bits per heavy atom. The molecule has 0 saturated heterocycles. The molecule has 1 unspecified atom stereocenters. The maximum Gasteiger partial charge on any atom is 0.340 e. The Morgan fingerprint density at radius 3 is 2.68 bits per heavy atom. The Balaban J connectivity index is 2.02.